The average Bonchev–Trinajstić information content (AvgIpc) is 3.48. The zero-order chi connectivity index (χ0) is 23.9. The number of thiazole rings is 1. The SMILES string of the molecule is CCN(CC)c1ccc(/C=c2\sc3n(c2=O)[C@H](c2ccccc2)C2=C(N=3)c3ccccc3CC2)o1. The zero-order valence-electron chi connectivity index (χ0n) is 19.9. The molecular formula is C29H27N3O2S. The number of hydrogen-bond donors (Lipinski definition) is 0. The molecular weight excluding hydrogens is 454 g/mol. The van der Waals surface area contributed by atoms with Gasteiger partial charge in [0.1, 0.15) is 5.76 Å². The topological polar surface area (TPSA) is 50.7 Å². The number of rotatable bonds is 5. The molecule has 1 atom stereocenters. The summed E-state index contributed by atoms with van der Waals surface area (Å²) in [6, 6.07) is 22.6. The predicted molar refractivity (Wildman–Crippen MR) is 141 cm³/mol. The minimum absolute atomic E-state index is 0.0196. The van der Waals surface area contributed by atoms with Crippen LogP contribution in [0.25, 0.3) is 11.8 Å². The Balaban J connectivity index is 1.54. The Morgan fingerprint density at radius 2 is 1.80 bits per heavy atom. The maximum atomic E-state index is 13.8. The molecule has 0 unspecified atom stereocenters. The summed E-state index contributed by atoms with van der Waals surface area (Å²) in [6.45, 7) is 5.95. The van der Waals surface area contributed by atoms with Gasteiger partial charge in [0.2, 0.25) is 0 Å². The van der Waals surface area contributed by atoms with Gasteiger partial charge >= 0.3 is 0 Å². The predicted octanol–water partition coefficient (Wildman–Crippen LogP) is 4.76. The van der Waals surface area contributed by atoms with Crippen LogP contribution in [0.4, 0.5) is 5.88 Å². The largest absolute Gasteiger partial charge is 0.441 e. The number of aromatic nitrogens is 1. The number of aryl methyl sites for hydroxylation is 1. The van der Waals surface area contributed by atoms with Gasteiger partial charge in [-0.15, -0.1) is 0 Å². The van der Waals surface area contributed by atoms with Crippen molar-refractivity contribution in [1.29, 1.82) is 0 Å². The highest BCUT2D eigenvalue weighted by molar-refractivity contribution is 7.07. The van der Waals surface area contributed by atoms with Crippen molar-refractivity contribution >= 4 is 29.0 Å². The molecule has 0 spiro atoms. The van der Waals surface area contributed by atoms with Crippen molar-refractivity contribution in [3.05, 3.63) is 114 Å². The second kappa shape index (κ2) is 8.86. The van der Waals surface area contributed by atoms with E-state index in [0.717, 1.165) is 47.9 Å². The van der Waals surface area contributed by atoms with E-state index in [4.69, 9.17) is 9.41 Å². The molecule has 0 amide bonds. The normalized spacial score (nSPS) is 17.0. The molecule has 3 heterocycles. The number of benzene rings is 2. The second-order valence-corrected chi connectivity index (χ2v) is 9.88. The van der Waals surface area contributed by atoms with Crippen LogP contribution < -0.4 is 19.8 Å². The van der Waals surface area contributed by atoms with Crippen molar-refractivity contribution in [1.82, 2.24) is 4.57 Å². The number of fused-ring (bicyclic) bond motifs is 3. The summed E-state index contributed by atoms with van der Waals surface area (Å²) >= 11 is 1.44. The number of furan rings is 1. The lowest BCUT2D eigenvalue weighted by Crippen LogP contribution is -2.38. The molecule has 4 aromatic rings. The van der Waals surface area contributed by atoms with Crippen molar-refractivity contribution in [2.75, 3.05) is 18.0 Å². The molecule has 6 heteroatoms. The lowest BCUT2D eigenvalue weighted by atomic mass is 9.83. The summed E-state index contributed by atoms with van der Waals surface area (Å²) in [5.41, 5.74) is 5.84. The lowest BCUT2D eigenvalue weighted by Gasteiger charge is -2.30. The van der Waals surface area contributed by atoms with Gasteiger partial charge in [0, 0.05) is 30.8 Å². The quantitative estimate of drug-likeness (QED) is 0.413. The first kappa shape index (κ1) is 21.9. The van der Waals surface area contributed by atoms with E-state index in [2.05, 4.69) is 55.1 Å². The van der Waals surface area contributed by atoms with E-state index in [1.807, 2.05) is 41.0 Å². The lowest BCUT2D eigenvalue weighted by molar-refractivity contribution is 0.541. The fourth-order valence-electron chi connectivity index (χ4n) is 5.21. The van der Waals surface area contributed by atoms with E-state index < -0.39 is 0 Å². The van der Waals surface area contributed by atoms with E-state index in [0.29, 0.717) is 10.3 Å². The highest BCUT2D eigenvalue weighted by atomic mass is 32.1. The minimum atomic E-state index is -0.152. The molecule has 0 saturated carbocycles. The molecule has 0 N–H and O–H groups in total. The van der Waals surface area contributed by atoms with E-state index in [1.165, 1.54) is 28.0 Å². The van der Waals surface area contributed by atoms with Crippen LogP contribution in [0.2, 0.25) is 0 Å². The molecule has 5 nitrogen and oxygen atoms in total. The third-order valence-corrected chi connectivity index (χ3v) is 7.93. The second-order valence-electron chi connectivity index (χ2n) is 8.87. The van der Waals surface area contributed by atoms with Crippen LogP contribution in [0.15, 0.2) is 86.5 Å². The van der Waals surface area contributed by atoms with Crippen LogP contribution in [-0.4, -0.2) is 17.7 Å². The van der Waals surface area contributed by atoms with Crippen molar-refractivity contribution < 1.29 is 4.42 Å². The fraction of sp³-hybridized carbons (Fsp3) is 0.241. The van der Waals surface area contributed by atoms with Crippen molar-refractivity contribution in [3.8, 4) is 0 Å². The maximum absolute atomic E-state index is 13.8. The van der Waals surface area contributed by atoms with Crippen LogP contribution in [0.1, 0.15) is 48.8 Å². The van der Waals surface area contributed by atoms with Crippen molar-refractivity contribution in [3.63, 3.8) is 0 Å². The summed E-state index contributed by atoms with van der Waals surface area (Å²) in [7, 11) is 0. The Labute approximate surface area is 208 Å². The molecule has 35 heavy (non-hydrogen) atoms. The number of nitrogens with zero attached hydrogens (tertiary/aromatic N) is 3. The van der Waals surface area contributed by atoms with Crippen LogP contribution in [-0.2, 0) is 6.42 Å². The van der Waals surface area contributed by atoms with Crippen molar-refractivity contribution in [2.24, 2.45) is 4.99 Å². The van der Waals surface area contributed by atoms with Gasteiger partial charge in [0.05, 0.1) is 16.3 Å². The zero-order valence-corrected chi connectivity index (χ0v) is 20.7. The molecule has 2 aromatic carbocycles. The standard InChI is InChI=1S/C29H27N3O2S/c1-3-31(4-2)25-17-15-21(34-25)18-24-28(33)32-27(20-11-6-5-7-12-20)23-16-14-19-10-8-9-13-22(19)26(23)30-29(32)35-24/h5-13,15,17-18,27H,3-4,14,16H2,1-2H3/b24-18-/t27-/m1/s1. The molecule has 0 fully saturated rings. The van der Waals surface area contributed by atoms with Gasteiger partial charge in [0.25, 0.3) is 5.56 Å². The molecule has 1 aliphatic heterocycles. The van der Waals surface area contributed by atoms with E-state index >= 15 is 0 Å². The molecule has 176 valence electrons. The molecule has 2 aromatic heterocycles. The first-order chi connectivity index (χ1) is 17.2. The number of anilines is 1. The van der Waals surface area contributed by atoms with Gasteiger partial charge in [0.15, 0.2) is 10.7 Å². The Kier molecular flexibility index (Phi) is 5.53. The summed E-state index contributed by atoms with van der Waals surface area (Å²) < 4.78 is 8.58. The highest BCUT2D eigenvalue weighted by Crippen LogP contribution is 2.41. The van der Waals surface area contributed by atoms with Crippen LogP contribution in [0.3, 0.4) is 0 Å². The van der Waals surface area contributed by atoms with Gasteiger partial charge in [-0.05, 0) is 49.5 Å². The van der Waals surface area contributed by atoms with Crippen molar-refractivity contribution in [2.45, 2.75) is 32.7 Å². The molecule has 6 rings (SSSR count). The van der Waals surface area contributed by atoms with E-state index in [9.17, 15) is 4.79 Å². The Morgan fingerprint density at radius 1 is 1.03 bits per heavy atom. The van der Waals surface area contributed by atoms with Gasteiger partial charge in [-0.25, -0.2) is 4.99 Å². The van der Waals surface area contributed by atoms with Crippen LogP contribution >= 0.6 is 11.3 Å². The van der Waals surface area contributed by atoms with E-state index in [-0.39, 0.29) is 11.6 Å². The highest BCUT2D eigenvalue weighted by Gasteiger charge is 2.32. The number of allylic oxidation sites excluding steroid dienone is 1. The van der Waals surface area contributed by atoms with Gasteiger partial charge in [-0.3, -0.25) is 9.36 Å². The minimum Gasteiger partial charge on any atom is -0.441 e. The van der Waals surface area contributed by atoms with Crippen LogP contribution in [0.5, 0.6) is 0 Å². The Morgan fingerprint density at radius 3 is 2.60 bits per heavy atom. The average molecular weight is 482 g/mol. The smallest absolute Gasteiger partial charge is 0.271 e. The summed E-state index contributed by atoms with van der Waals surface area (Å²) in [5.74, 6) is 1.51. The Bertz CT molecular complexity index is 1600. The molecule has 1 aliphatic carbocycles. The van der Waals surface area contributed by atoms with Gasteiger partial charge in [-0.2, -0.15) is 0 Å². The first-order valence-corrected chi connectivity index (χ1v) is 13.0. The fourth-order valence-corrected chi connectivity index (χ4v) is 6.19. The molecule has 0 bridgehead atoms. The molecule has 2 aliphatic rings. The van der Waals surface area contributed by atoms with Gasteiger partial charge in [-0.1, -0.05) is 65.9 Å². The third-order valence-electron chi connectivity index (χ3n) is 6.95. The van der Waals surface area contributed by atoms with Gasteiger partial charge < -0.3 is 9.32 Å². The summed E-state index contributed by atoms with van der Waals surface area (Å²) in [4.78, 5) is 21.7. The first-order valence-electron chi connectivity index (χ1n) is 12.2. The summed E-state index contributed by atoms with van der Waals surface area (Å²) in [5, 5.41) is 0. The Hall–Kier alpha value is -3.64. The third kappa shape index (κ3) is 3.69. The molecule has 0 saturated heterocycles. The number of hydrogen-bond acceptors (Lipinski definition) is 5. The monoisotopic (exact) mass is 481 g/mol. The van der Waals surface area contributed by atoms with Crippen LogP contribution in [0, 0.1) is 0 Å². The summed E-state index contributed by atoms with van der Waals surface area (Å²) in [6.07, 6.45) is 3.71. The van der Waals surface area contributed by atoms with E-state index in [1.54, 1.807) is 0 Å². The molecule has 0 radical (unpaired) electrons. The maximum Gasteiger partial charge on any atom is 0.271 e.